The first-order valence-electron chi connectivity index (χ1n) is 16.9. The molecular formula is C35H47N7O5. The SMILES string of the molecule is Cc1ncoc1COc1ccc2c(c1)CCN(CC(O)CNC(=O)c1cc(NC3CCC3)nc(N3CCN(C(=O)C(C)C)CC3)c1)C2. The number of benzene rings is 1. The minimum atomic E-state index is -0.714. The van der Waals surface area contributed by atoms with Gasteiger partial charge in [-0.1, -0.05) is 19.9 Å². The summed E-state index contributed by atoms with van der Waals surface area (Å²) in [5.74, 6) is 2.83. The van der Waals surface area contributed by atoms with Gasteiger partial charge in [-0.05, 0) is 68.0 Å². The van der Waals surface area contributed by atoms with Crippen molar-refractivity contribution in [3.05, 3.63) is 64.9 Å². The third-order valence-corrected chi connectivity index (χ3v) is 9.39. The van der Waals surface area contributed by atoms with Gasteiger partial charge in [0.1, 0.15) is 24.0 Å². The Hall–Kier alpha value is -4.16. The van der Waals surface area contributed by atoms with Crippen LogP contribution in [0.5, 0.6) is 5.75 Å². The fourth-order valence-corrected chi connectivity index (χ4v) is 6.29. The molecule has 4 heterocycles. The number of fused-ring (bicyclic) bond motifs is 1. The summed E-state index contributed by atoms with van der Waals surface area (Å²) in [6.07, 6.45) is 4.94. The Morgan fingerprint density at radius 2 is 1.89 bits per heavy atom. The molecule has 2 amide bonds. The molecule has 1 atom stereocenters. The molecule has 1 aromatic carbocycles. The van der Waals surface area contributed by atoms with Crippen LogP contribution in [0.4, 0.5) is 11.6 Å². The number of rotatable bonds is 12. The Morgan fingerprint density at radius 1 is 1.09 bits per heavy atom. The van der Waals surface area contributed by atoms with Crippen molar-refractivity contribution in [1.29, 1.82) is 0 Å². The van der Waals surface area contributed by atoms with Crippen molar-refractivity contribution in [1.82, 2.24) is 25.1 Å². The highest BCUT2D eigenvalue weighted by Gasteiger charge is 2.26. The van der Waals surface area contributed by atoms with E-state index in [1.54, 1.807) is 6.07 Å². The van der Waals surface area contributed by atoms with Crippen LogP contribution in [-0.4, -0.2) is 94.6 Å². The van der Waals surface area contributed by atoms with Crippen molar-refractivity contribution in [3.63, 3.8) is 0 Å². The highest BCUT2D eigenvalue weighted by atomic mass is 16.5. The summed E-state index contributed by atoms with van der Waals surface area (Å²) >= 11 is 0. The average molecular weight is 646 g/mol. The number of oxazole rings is 1. The molecule has 0 bridgehead atoms. The molecule has 6 rings (SSSR count). The number of aryl methyl sites for hydroxylation is 1. The van der Waals surface area contributed by atoms with Crippen LogP contribution in [0.3, 0.4) is 0 Å². The maximum atomic E-state index is 13.4. The molecule has 0 spiro atoms. The van der Waals surface area contributed by atoms with E-state index in [0.717, 1.165) is 55.4 Å². The van der Waals surface area contributed by atoms with Gasteiger partial charge >= 0.3 is 0 Å². The molecule has 1 unspecified atom stereocenters. The summed E-state index contributed by atoms with van der Waals surface area (Å²) in [5.41, 5.74) is 3.79. The lowest BCUT2D eigenvalue weighted by Gasteiger charge is -2.36. The number of anilines is 2. The van der Waals surface area contributed by atoms with E-state index >= 15 is 0 Å². The molecule has 3 N–H and O–H groups in total. The van der Waals surface area contributed by atoms with Gasteiger partial charge in [0.05, 0.1) is 11.8 Å². The van der Waals surface area contributed by atoms with Gasteiger partial charge < -0.3 is 34.7 Å². The van der Waals surface area contributed by atoms with Crippen LogP contribution in [0.25, 0.3) is 0 Å². The Morgan fingerprint density at radius 3 is 2.60 bits per heavy atom. The molecule has 47 heavy (non-hydrogen) atoms. The minimum absolute atomic E-state index is 0.0271. The standard InChI is InChI=1S/C35H47N7O5/c1-23(2)35(45)42-13-11-41(12-14-42)33-17-27(16-32(39-33)38-28-5-4-6-28)34(44)36-18-29(43)20-40-10-9-25-15-30(8-7-26(25)19-40)46-21-31-24(3)37-22-47-31/h7-8,15-17,22-23,28-29,43H,4-6,9-14,18-21H2,1-3H3,(H,36,44)(H,38,39). The van der Waals surface area contributed by atoms with E-state index < -0.39 is 6.10 Å². The molecule has 3 aromatic rings. The van der Waals surface area contributed by atoms with Gasteiger partial charge in [-0.3, -0.25) is 14.5 Å². The molecule has 3 aliphatic rings. The van der Waals surface area contributed by atoms with Crippen LogP contribution in [-0.2, 0) is 24.4 Å². The van der Waals surface area contributed by atoms with Crippen LogP contribution in [0, 0.1) is 12.8 Å². The molecule has 0 radical (unpaired) electrons. The number of carbonyl (C=O) groups is 2. The maximum Gasteiger partial charge on any atom is 0.251 e. The van der Waals surface area contributed by atoms with E-state index in [-0.39, 0.29) is 24.3 Å². The molecule has 12 heteroatoms. The maximum absolute atomic E-state index is 13.4. The lowest BCUT2D eigenvalue weighted by molar-refractivity contribution is -0.134. The molecule has 252 valence electrons. The van der Waals surface area contributed by atoms with Crippen molar-refractivity contribution < 1.29 is 23.8 Å². The number of hydrogen-bond donors (Lipinski definition) is 3. The van der Waals surface area contributed by atoms with Gasteiger partial charge in [0, 0.05) is 69.9 Å². The Balaban J connectivity index is 1.02. The number of aliphatic hydroxyl groups is 1. The van der Waals surface area contributed by atoms with Crippen molar-refractivity contribution >= 4 is 23.5 Å². The summed E-state index contributed by atoms with van der Waals surface area (Å²) in [6.45, 7) is 10.8. The van der Waals surface area contributed by atoms with Crippen molar-refractivity contribution in [2.75, 3.05) is 56.0 Å². The molecule has 12 nitrogen and oxygen atoms in total. The average Bonchev–Trinajstić information content (AvgIpc) is 3.48. The fourth-order valence-electron chi connectivity index (χ4n) is 6.29. The second-order valence-electron chi connectivity index (χ2n) is 13.3. The number of nitrogens with one attached hydrogen (secondary N) is 2. The van der Waals surface area contributed by atoms with Crippen molar-refractivity contribution in [2.24, 2.45) is 5.92 Å². The van der Waals surface area contributed by atoms with Crippen LogP contribution in [0.1, 0.15) is 66.0 Å². The zero-order chi connectivity index (χ0) is 32.9. The molecule has 2 aromatic heterocycles. The van der Waals surface area contributed by atoms with Gasteiger partial charge in [0.2, 0.25) is 5.91 Å². The van der Waals surface area contributed by atoms with Crippen LogP contribution < -0.4 is 20.3 Å². The number of nitrogens with zero attached hydrogens (tertiary/aromatic N) is 5. The normalized spacial score (nSPS) is 17.6. The van der Waals surface area contributed by atoms with Crippen LogP contribution in [0.2, 0.25) is 0 Å². The second kappa shape index (κ2) is 14.7. The highest BCUT2D eigenvalue weighted by molar-refractivity contribution is 5.95. The Kier molecular flexibility index (Phi) is 10.3. The highest BCUT2D eigenvalue weighted by Crippen LogP contribution is 2.27. The number of β-amino-alcohol motifs (C(OH)–C–C–N with tert-alkyl or cyclic N) is 1. The molecule has 1 saturated heterocycles. The number of hydrogen-bond acceptors (Lipinski definition) is 10. The number of aliphatic hydroxyl groups excluding tert-OH is 1. The van der Waals surface area contributed by atoms with Gasteiger partial charge in [-0.15, -0.1) is 0 Å². The first-order valence-corrected chi connectivity index (χ1v) is 16.9. The number of carbonyl (C=O) groups excluding carboxylic acids is 2. The number of amides is 2. The molecular weight excluding hydrogens is 598 g/mol. The lowest BCUT2D eigenvalue weighted by Crippen LogP contribution is -2.50. The lowest BCUT2D eigenvalue weighted by atomic mass is 9.93. The number of ether oxygens (including phenoxy) is 1. The smallest absolute Gasteiger partial charge is 0.251 e. The summed E-state index contributed by atoms with van der Waals surface area (Å²) in [6, 6.07) is 10.1. The Labute approximate surface area is 276 Å². The van der Waals surface area contributed by atoms with E-state index in [9.17, 15) is 14.7 Å². The predicted octanol–water partition coefficient (Wildman–Crippen LogP) is 3.38. The molecule has 2 aliphatic heterocycles. The fraction of sp³-hybridized carbons (Fsp3) is 0.543. The van der Waals surface area contributed by atoms with Gasteiger partial charge in [0.15, 0.2) is 12.2 Å². The van der Waals surface area contributed by atoms with E-state index in [1.807, 2.05) is 37.8 Å². The third kappa shape index (κ3) is 8.23. The first-order chi connectivity index (χ1) is 22.7. The summed E-state index contributed by atoms with van der Waals surface area (Å²) in [5, 5.41) is 17.3. The Bertz CT molecular complexity index is 1550. The number of aromatic nitrogens is 2. The van der Waals surface area contributed by atoms with Gasteiger partial charge in [0.25, 0.3) is 5.91 Å². The predicted molar refractivity (Wildman–Crippen MR) is 178 cm³/mol. The molecule has 2 fully saturated rings. The zero-order valence-corrected chi connectivity index (χ0v) is 27.7. The van der Waals surface area contributed by atoms with E-state index in [0.29, 0.717) is 56.8 Å². The number of piperazine rings is 1. The third-order valence-electron chi connectivity index (χ3n) is 9.39. The summed E-state index contributed by atoms with van der Waals surface area (Å²) in [4.78, 5) is 41.1. The van der Waals surface area contributed by atoms with Gasteiger partial charge in [-0.2, -0.15) is 0 Å². The number of pyridine rings is 1. The zero-order valence-electron chi connectivity index (χ0n) is 27.7. The monoisotopic (exact) mass is 645 g/mol. The quantitative estimate of drug-likeness (QED) is 0.269. The van der Waals surface area contributed by atoms with Crippen molar-refractivity contribution in [3.8, 4) is 5.75 Å². The summed E-state index contributed by atoms with van der Waals surface area (Å²) in [7, 11) is 0. The van der Waals surface area contributed by atoms with E-state index in [2.05, 4.69) is 37.6 Å². The largest absolute Gasteiger partial charge is 0.486 e. The van der Waals surface area contributed by atoms with E-state index in [1.165, 1.54) is 23.9 Å². The van der Waals surface area contributed by atoms with E-state index in [4.69, 9.17) is 14.1 Å². The van der Waals surface area contributed by atoms with Crippen molar-refractivity contribution in [2.45, 2.75) is 71.8 Å². The molecule has 1 saturated carbocycles. The second-order valence-corrected chi connectivity index (χ2v) is 13.3. The van der Waals surface area contributed by atoms with Crippen LogP contribution in [0.15, 0.2) is 41.1 Å². The first kappa shape index (κ1) is 32.8. The molecule has 1 aliphatic carbocycles. The van der Waals surface area contributed by atoms with Crippen LogP contribution >= 0.6 is 0 Å². The minimum Gasteiger partial charge on any atom is -0.486 e. The topological polar surface area (TPSA) is 136 Å². The summed E-state index contributed by atoms with van der Waals surface area (Å²) < 4.78 is 11.3. The van der Waals surface area contributed by atoms with Gasteiger partial charge in [-0.25, -0.2) is 9.97 Å².